The molecule has 0 aliphatic rings. The molecule has 38 heavy (non-hydrogen) atoms. The highest BCUT2D eigenvalue weighted by atomic mass is 32.1. The number of pyridine rings is 1. The Morgan fingerprint density at radius 3 is 2.32 bits per heavy atom. The summed E-state index contributed by atoms with van der Waals surface area (Å²) in [5, 5.41) is 5.97. The molecule has 5 aromatic rings. The standard InChI is InChI=1S/C29H23N3O5S/c1-32-26(25(19-8-4-3-5-9-19)21-10-6-7-11-22(21)27(32)34)28(35)37-16-24(33)31-29-30-23(17-38-29)18-12-14-20(36-2)15-13-18/h3-15,17H,16H2,1-2H3,(H,30,31,33). The van der Waals surface area contributed by atoms with Crippen LogP contribution in [0.2, 0.25) is 0 Å². The second-order valence-electron chi connectivity index (χ2n) is 8.39. The molecule has 0 saturated heterocycles. The molecular formula is C29H23N3O5S. The van der Waals surface area contributed by atoms with Crippen molar-refractivity contribution in [3.8, 4) is 28.1 Å². The highest BCUT2D eigenvalue weighted by molar-refractivity contribution is 7.14. The summed E-state index contributed by atoms with van der Waals surface area (Å²) in [7, 11) is 3.12. The quantitative estimate of drug-likeness (QED) is 0.296. The predicted octanol–water partition coefficient (Wildman–Crippen LogP) is 5.13. The maximum atomic E-state index is 13.3. The molecule has 8 nitrogen and oxygen atoms in total. The minimum atomic E-state index is -0.776. The fourth-order valence-corrected chi connectivity index (χ4v) is 4.92. The summed E-state index contributed by atoms with van der Waals surface area (Å²) in [5.41, 5.74) is 2.64. The average Bonchev–Trinajstić information content (AvgIpc) is 3.42. The Balaban J connectivity index is 1.36. The highest BCUT2D eigenvalue weighted by Crippen LogP contribution is 2.31. The van der Waals surface area contributed by atoms with E-state index in [0.717, 1.165) is 16.9 Å². The smallest absolute Gasteiger partial charge is 0.356 e. The number of rotatable bonds is 7. The van der Waals surface area contributed by atoms with Crippen molar-refractivity contribution in [2.24, 2.45) is 7.05 Å². The second-order valence-corrected chi connectivity index (χ2v) is 9.25. The SMILES string of the molecule is COc1ccc(-c2csc(NC(=O)COC(=O)c3c(-c4ccccc4)c4ccccc4c(=O)n3C)n2)cc1. The Hall–Kier alpha value is -4.76. The molecule has 1 N–H and O–H groups in total. The lowest BCUT2D eigenvalue weighted by molar-refractivity contribution is -0.119. The van der Waals surface area contributed by atoms with E-state index >= 15 is 0 Å². The van der Waals surface area contributed by atoms with Crippen molar-refractivity contribution in [1.82, 2.24) is 9.55 Å². The Kier molecular flexibility index (Phi) is 7.01. The van der Waals surface area contributed by atoms with Gasteiger partial charge in [0.1, 0.15) is 11.4 Å². The van der Waals surface area contributed by atoms with Gasteiger partial charge < -0.3 is 14.0 Å². The first-order valence-electron chi connectivity index (χ1n) is 11.7. The van der Waals surface area contributed by atoms with Gasteiger partial charge in [-0.05, 0) is 41.3 Å². The van der Waals surface area contributed by atoms with Gasteiger partial charge in [0, 0.05) is 28.9 Å². The number of carbonyl (C=O) groups is 2. The first-order chi connectivity index (χ1) is 18.5. The third-order valence-electron chi connectivity index (χ3n) is 6.03. The maximum absolute atomic E-state index is 13.3. The van der Waals surface area contributed by atoms with Crippen LogP contribution < -0.4 is 15.6 Å². The molecule has 0 aliphatic carbocycles. The van der Waals surface area contributed by atoms with E-state index in [9.17, 15) is 14.4 Å². The molecule has 1 amide bonds. The van der Waals surface area contributed by atoms with E-state index in [2.05, 4.69) is 10.3 Å². The summed E-state index contributed by atoms with van der Waals surface area (Å²) >= 11 is 1.26. The number of nitrogens with zero attached hydrogens (tertiary/aromatic N) is 2. The third kappa shape index (κ3) is 4.91. The zero-order valence-electron chi connectivity index (χ0n) is 20.6. The lowest BCUT2D eigenvalue weighted by atomic mass is 9.97. The van der Waals surface area contributed by atoms with Crippen LogP contribution >= 0.6 is 11.3 Å². The van der Waals surface area contributed by atoms with Crippen LogP contribution in [0, 0.1) is 0 Å². The Morgan fingerprint density at radius 2 is 1.61 bits per heavy atom. The topological polar surface area (TPSA) is 99.5 Å². The van der Waals surface area contributed by atoms with Gasteiger partial charge in [0.05, 0.1) is 12.8 Å². The average molecular weight is 526 g/mol. The Morgan fingerprint density at radius 1 is 0.921 bits per heavy atom. The molecule has 0 unspecified atom stereocenters. The van der Waals surface area contributed by atoms with Crippen LogP contribution in [0.1, 0.15) is 10.5 Å². The zero-order valence-corrected chi connectivity index (χ0v) is 21.5. The third-order valence-corrected chi connectivity index (χ3v) is 6.79. The minimum absolute atomic E-state index is 0.0729. The molecule has 3 aromatic carbocycles. The fraction of sp³-hybridized carbons (Fsp3) is 0.103. The molecule has 2 aromatic heterocycles. The number of methoxy groups -OCH3 is 1. The second kappa shape index (κ2) is 10.7. The molecule has 0 atom stereocenters. The van der Waals surface area contributed by atoms with Crippen molar-refractivity contribution in [2.45, 2.75) is 0 Å². The lowest BCUT2D eigenvalue weighted by Crippen LogP contribution is -2.28. The molecule has 2 heterocycles. The van der Waals surface area contributed by atoms with Crippen molar-refractivity contribution >= 4 is 39.1 Å². The molecule has 0 aliphatic heterocycles. The number of aromatic nitrogens is 2. The summed E-state index contributed by atoms with van der Waals surface area (Å²) in [6, 6.07) is 23.8. The van der Waals surface area contributed by atoms with E-state index in [0.29, 0.717) is 27.2 Å². The van der Waals surface area contributed by atoms with Gasteiger partial charge >= 0.3 is 5.97 Å². The monoisotopic (exact) mass is 525 g/mol. The molecule has 0 fully saturated rings. The van der Waals surface area contributed by atoms with Crippen molar-refractivity contribution in [3.63, 3.8) is 0 Å². The summed E-state index contributed by atoms with van der Waals surface area (Å²) < 4.78 is 11.8. The van der Waals surface area contributed by atoms with Gasteiger partial charge in [-0.15, -0.1) is 11.3 Å². The van der Waals surface area contributed by atoms with E-state index in [-0.39, 0.29) is 11.3 Å². The van der Waals surface area contributed by atoms with E-state index in [1.807, 2.05) is 66.0 Å². The van der Waals surface area contributed by atoms with Crippen LogP contribution in [0.15, 0.2) is 89.0 Å². The first kappa shape index (κ1) is 24.9. The summed E-state index contributed by atoms with van der Waals surface area (Å²) in [5.74, 6) is -0.581. The molecule has 0 bridgehead atoms. The number of thiazole rings is 1. The Bertz CT molecular complexity index is 1690. The fourth-order valence-electron chi connectivity index (χ4n) is 4.18. The number of amides is 1. The van der Waals surface area contributed by atoms with Gasteiger partial charge in [-0.25, -0.2) is 9.78 Å². The molecule has 5 rings (SSSR count). The molecule has 0 saturated carbocycles. The van der Waals surface area contributed by atoms with Gasteiger partial charge in [0.25, 0.3) is 11.5 Å². The molecular weight excluding hydrogens is 502 g/mol. The number of benzene rings is 3. The number of nitrogens with one attached hydrogen (secondary N) is 1. The van der Waals surface area contributed by atoms with E-state index in [4.69, 9.17) is 9.47 Å². The first-order valence-corrected chi connectivity index (χ1v) is 12.6. The predicted molar refractivity (Wildman–Crippen MR) is 148 cm³/mol. The van der Waals surface area contributed by atoms with Crippen LogP contribution in [-0.2, 0) is 16.6 Å². The van der Waals surface area contributed by atoms with Crippen LogP contribution in [0.25, 0.3) is 33.2 Å². The number of hydrogen-bond acceptors (Lipinski definition) is 7. The molecule has 0 spiro atoms. The molecule has 9 heteroatoms. The van der Waals surface area contributed by atoms with Crippen LogP contribution in [0.5, 0.6) is 5.75 Å². The number of anilines is 1. The van der Waals surface area contributed by atoms with E-state index < -0.39 is 18.5 Å². The van der Waals surface area contributed by atoms with Crippen molar-refractivity contribution in [3.05, 3.63) is 100 Å². The zero-order chi connectivity index (χ0) is 26.6. The van der Waals surface area contributed by atoms with E-state index in [1.165, 1.54) is 23.0 Å². The lowest BCUT2D eigenvalue weighted by Gasteiger charge is -2.16. The largest absolute Gasteiger partial charge is 0.497 e. The van der Waals surface area contributed by atoms with Gasteiger partial charge in [-0.2, -0.15) is 0 Å². The normalized spacial score (nSPS) is 10.8. The van der Waals surface area contributed by atoms with Crippen molar-refractivity contribution < 1.29 is 19.1 Å². The number of hydrogen-bond donors (Lipinski definition) is 1. The molecule has 190 valence electrons. The maximum Gasteiger partial charge on any atom is 0.356 e. The molecule has 0 radical (unpaired) electrons. The number of carbonyl (C=O) groups excluding carboxylic acids is 2. The number of ether oxygens (including phenoxy) is 2. The van der Waals surface area contributed by atoms with Gasteiger partial charge in [-0.1, -0.05) is 48.5 Å². The van der Waals surface area contributed by atoms with Crippen LogP contribution in [0.4, 0.5) is 5.13 Å². The van der Waals surface area contributed by atoms with Gasteiger partial charge in [0.2, 0.25) is 0 Å². The van der Waals surface area contributed by atoms with Crippen LogP contribution in [-0.4, -0.2) is 35.1 Å². The van der Waals surface area contributed by atoms with Gasteiger partial charge in [0.15, 0.2) is 11.7 Å². The summed E-state index contributed by atoms with van der Waals surface area (Å²) in [6.45, 7) is -0.536. The Labute approximate surface area is 222 Å². The highest BCUT2D eigenvalue weighted by Gasteiger charge is 2.23. The van der Waals surface area contributed by atoms with Crippen molar-refractivity contribution in [1.29, 1.82) is 0 Å². The van der Waals surface area contributed by atoms with Crippen molar-refractivity contribution in [2.75, 3.05) is 19.0 Å². The summed E-state index contributed by atoms with van der Waals surface area (Å²) in [4.78, 5) is 43.3. The van der Waals surface area contributed by atoms with Crippen LogP contribution in [0.3, 0.4) is 0 Å². The van der Waals surface area contributed by atoms with E-state index in [1.54, 1.807) is 25.3 Å². The number of esters is 1. The minimum Gasteiger partial charge on any atom is -0.497 e. The summed E-state index contributed by atoms with van der Waals surface area (Å²) in [6.07, 6.45) is 0. The number of fused-ring (bicyclic) bond motifs is 1. The van der Waals surface area contributed by atoms with Gasteiger partial charge in [-0.3, -0.25) is 14.9 Å².